The lowest BCUT2D eigenvalue weighted by Crippen LogP contribution is -2.16. The Kier molecular flexibility index (Phi) is 5.37. The molecule has 0 bridgehead atoms. The maximum Gasteiger partial charge on any atom is 0.209 e. The third kappa shape index (κ3) is 4.15. The van der Waals surface area contributed by atoms with Gasteiger partial charge in [-0.2, -0.15) is 0 Å². The second-order valence-corrected chi connectivity index (χ2v) is 7.23. The van der Waals surface area contributed by atoms with Gasteiger partial charge in [0.25, 0.3) is 0 Å². The van der Waals surface area contributed by atoms with Crippen molar-refractivity contribution in [1.82, 2.24) is 30.5 Å². The first kappa shape index (κ1) is 16.1. The van der Waals surface area contributed by atoms with E-state index >= 15 is 0 Å². The van der Waals surface area contributed by atoms with Crippen molar-refractivity contribution >= 4 is 23.1 Å². The molecule has 2 aromatic heterocycles. The van der Waals surface area contributed by atoms with Crippen molar-refractivity contribution in [2.75, 3.05) is 12.3 Å². The Balaban J connectivity index is 1.46. The van der Waals surface area contributed by atoms with E-state index in [-0.39, 0.29) is 0 Å². The molecule has 0 amide bonds. The maximum absolute atomic E-state index is 4.54. The number of hydrogen-bond donors (Lipinski definition) is 1. The average molecular weight is 346 g/mol. The number of nitrogens with zero attached hydrogens (tertiary/aromatic N) is 5. The first-order valence-electron chi connectivity index (χ1n) is 7.30. The van der Waals surface area contributed by atoms with Crippen LogP contribution in [0.2, 0.25) is 0 Å². The van der Waals surface area contributed by atoms with Crippen LogP contribution in [0.1, 0.15) is 10.4 Å². The molecule has 2 heterocycles. The highest BCUT2D eigenvalue weighted by Crippen LogP contribution is 2.27. The Morgan fingerprint density at radius 1 is 1.30 bits per heavy atom. The van der Waals surface area contributed by atoms with Gasteiger partial charge in [-0.25, -0.2) is 9.67 Å². The quantitative estimate of drug-likeness (QED) is 0.524. The Morgan fingerprint density at radius 3 is 2.96 bits per heavy atom. The van der Waals surface area contributed by atoms with Gasteiger partial charge in [0.2, 0.25) is 5.16 Å². The predicted molar refractivity (Wildman–Crippen MR) is 93.5 cm³/mol. The van der Waals surface area contributed by atoms with Crippen molar-refractivity contribution < 1.29 is 0 Å². The van der Waals surface area contributed by atoms with Crippen LogP contribution in [-0.4, -0.2) is 37.5 Å². The van der Waals surface area contributed by atoms with Crippen LogP contribution in [0.3, 0.4) is 0 Å². The summed E-state index contributed by atoms with van der Waals surface area (Å²) in [5.41, 5.74) is 2.48. The molecule has 6 nitrogen and oxygen atoms in total. The number of benzene rings is 1. The highest BCUT2D eigenvalue weighted by atomic mass is 32.2. The molecule has 0 aliphatic carbocycles. The van der Waals surface area contributed by atoms with Crippen LogP contribution < -0.4 is 5.32 Å². The number of tetrazole rings is 1. The number of rotatable bonds is 7. The van der Waals surface area contributed by atoms with E-state index in [9.17, 15) is 0 Å². The van der Waals surface area contributed by atoms with Crippen LogP contribution in [0, 0.1) is 6.92 Å². The van der Waals surface area contributed by atoms with Gasteiger partial charge in [0.1, 0.15) is 5.01 Å². The number of thiazole rings is 1. The SMILES string of the molecule is Cc1ccccc1-c1ncc(CNCCSc2nnnn2C)s1. The van der Waals surface area contributed by atoms with Gasteiger partial charge in [-0.1, -0.05) is 36.0 Å². The third-order valence-electron chi connectivity index (χ3n) is 3.32. The van der Waals surface area contributed by atoms with Crippen molar-refractivity contribution in [2.45, 2.75) is 18.6 Å². The smallest absolute Gasteiger partial charge is 0.209 e. The zero-order chi connectivity index (χ0) is 16.1. The number of aryl methyl sites for hydroxylation is 2. The van der Waals surface area contributed by atoms with E-state index in [1.165, 1.54) is 16.0 Å². The zero-order valence-corrected chi connectivity index (χ0v) is 14.7. The summed E-state index contributed by atoms with van der Waals surface area (Å²) in [5, 5.41) is 16.7. The first-order chi connectivity index (χ1) is 11.2. The van der Waals surface area contributed by atoms with E-state index in [1.54, 1.807) is 27.8 Å². The summed E-state index contributed by atoms with van der Waals surface area (Å²) in [6, 6.07) is 8.35. The lowest BCUT2D eigenvalue weighted by Gasteiger charge is -2.02. The molecule has 0 aliphatic heterocycles. The summed E-state index contributed by atoms with van der Waals surface area (Å²) in [6.45, 7) is 3.85. The molecule has 0 radical (unpaired) electrons. The Morgan fingerprint density at radius 2 is 2.17 bits per heavy atom. The lowest BCUT2D eigenvalue weighted by atomic mass is 10.1. The summed E-state index contributed by atoms with van der Waals surface area (Å²) in [6.07, 6.45) is 1.96. The second-order valence-electron chi connectivity index (χ2n) is 5.06. The van der Waals surface area contributed by atoms with Gasteiger partial charge >= 0.3 is 0 Å². The average Bonchev–Trinajstić information content (AvgIpc) is 3.17. The number of hydrogen-bond acceptors (Lipinski definition) is 7. The molecule has 8 heteroatoms. The minimum absolute atomic E-state index is 0.834. The van der Waals surface area contributed by atoms with E-state index in [1.807, 2.05) is 13.2 Å². The van der Waals surface area contributed by atoms with Gasteiger partial charge in [-0.3, -0.25) is 0 Å². The second kappa shape index (κ2) is 7.67. The molecular weight excluding hydrogens is 328 g/mol. The van der Waals surface area contributed by atoms with Gasteiger partial charge in [0.05, 0.1) is 0 Å². The standard InChI is InChI=1S/C15H18N6S2/c1-11-5-3-4-6-13(11)14-17-10-12(23-14)9-16-7-8-22-15-18-19-20-21(15)2/h3-6,10,16H,7-9H2,1-2H3. The zero-order valence-electron chi connectivity index (χ0n) is 13.1. The summed E-state index contributed by atoms with van der Waals surface area (Å²) >= 11 is 3.39. The highest BCUT2D eigenvalue weighted by Gasteiger charge is 2.07. The lowest BCUT2D eigenvalue weighted by molar-refractivity contribution is 0.663. The molecule has 0 atom stereocenters. The fourth-order valence-electron chi connectivity index (χ4n) is 2.10. The number of thioether (sulfide) groups is 1. The minimum Gasteiger partial charge on any atom is -0.311 e. The molecule has 23 heavy (non-hydrogen) atoms. The minimum atomic E-state index is 0.834. The van der Waals surface area contributed by atoms with Gasteiger partial charge in [0, 0.05) is 42.5 Å². The molecule has 1 aromatic carbocycles. The van der Waals surface area contributed by atoms with Gasteiger partial charge < -0.3 is 5.32 Å². The molecule has 0 fully saturated rings. The fraction of sp³-hybridized carbons (Fsp3) is 0.333. The summed E-state index contributed by atoms with van der Waals surface area (Å²) in [4.78, 5) is 5.79. The topological polar surface area (TPSA) is 68.5 Å². The molecule has 3 rings (SSSR count). The van der Waals surface area contributed by atoms with E-state index in [2.05, 4.69) is 57.0 Å². The molecule has 0 unspecified atom stereocenters. The van der Waals surface area contributed by atoms with Crippen LogP contribution in [0.25, 0.3) is 10.6 Å². The van der Waals surface area contributed by atoms with Crippen molar-refractivity contribution in [3.63, 3.8) is 0 Å². The van der Waals surface area contributed by atoms with Crippen LogP contribution >= 0.6 is 23.1 Å². The number of nitrogens with one attached hydrogen (secondary N) is 1. The van der Waals surface area contributed by atoms with Crippen molar-refractivity contribution in [3.8, 4) is 10.6 Å². The van der Waals surface area contributed by atoms with Crippen LogP contribution in [-0.2, 0) is 13.6 Å². The van der Waals surface area contributed by atoms with Gasteiger partial charge in [-0.05, 0) is 22.9 Å². The molecule has 0 aliphatic rings. The van der Waals surface area contributed by atoms with E-state index in [0.29, 0.717) is 0 Å². The van der Waals surface area contributed by atoms with Crippen LogP contribution in [0.5, 0.6) is 0 Å². The Labute approximate surface area is 143 Å². The summed E-state index contributed by atoms with van der Waals surface area (Å²) < 4.78 is 1.68. The van der Waals surface area contributed by atoms with E-state index in [0.717, 1.165) is 29.0 Å². The molecule has 0 spiro atoms. The van der Waals surface area contributed by atoms with Gasteiger partial charge in [0.15, 0.2) is 0 Å². The van der Waals surface area contributed by atoms with Gasteiger partial charge in [-0.15, -0.1) is 16.4 Å². The fourth-order valence-corrected chi connectivity index (χ4v) is 3.82. The first-order valence-corrected chi connectivity index (χ1v) is 9.11. The molecular formula is C15H18N6S2. The van der Waals surface area contributed by atoms with Crippen molar-refractivity contribution in [1.29, 1.82) is 0 Å². The molecule has 120 valence electrons. The maximum atomic E-state index is 4.54. The highest BCUT2D eigenvalue weighted by molar-refractivity contribution is 7.99. The normalized spacial score (nSPS) is 11.0. The van der Waals surface area contributed by atoms with Crippen molar-refractivity contribution in [3.05, 3.63) is 40.9 Å². The number of aromatic nitrogens is 5. The molecule has 0 saturated carbocycles. The molecule has 1 N–H and O–H groups in total. The summed E-state index contributed by atoms with van der Waals surface area (Å²) in [5.74, 6) is 0.928. The Bertz CT molecular complexity index is 767. The van der Waals surface area contributed by atoms with E-state index < -0.39 is 0 Å². The van der Waals surface area contributed by atoms with Crippen LogP contribution in [0.4, 0.5) is 0 Å². The third-order valence-corrected chi connectivity index (χ3v) is 5.36. The van der Waals surface area contributed by atoms with E-state index in [4.69, 9.17) is 0 Å². The van der Waals surface area contributed by atoms with Crippen molar-refractivity contribution in [2.24, 2.45) is 7.05 Å². The Hall–Kier alpha value is -1.77. The van der Waals surface area contributed by atoms with Crippen LogP contribution in [0.15, 0.2) is 35.6 Å². The largest absolute Gasteiger partial charge is 0.311 e. The monoisotopic (exact) mass is 346 g/mol. The predicted octanol–water partition coefficient (Wildman–Crippen LogP) is 2.52. The molecule has 3 aromatic rings. The molecule has 0 saturated heterocycles. The summed E-state index contributed by atoms with van der Waals surface area (Å²) in [7, 11) is 1.85.